The second-order valence-electron chi connectivity index (χ2n) is 5.30. The predicted octanol–water partition coefficient (Wildman–Crippen LogP) is 3.11. The predicted molar refractivity (Wildman–Crippen MR) is 89.0 cm³/mol. The monoisotopic (exact) mass is 311 g/mol. The Morgan fingerprint density at radius 2 is 1.65 bits per heavy atom. The number of benzene rings is 2. The van der Waals surface area contributed by atoms with Crippen molar-refractivity contribution < 1.29 is 14.3 Å². The number of ether oxygens (including phenoxy) is 1. The number of aryl methyl sites for hydroxylation is 1. The number of esters is 1. The van der Waals surface area contributed by atoms with Gasteiger partial charge in [-0.3, -0.25) is 4.79 Å². The van der Waals surface area contributed by atoms with Crippen molar-refractivity contribution in [3.63, 3.8) is 0 Å². The van der Waals surface area contributed by atoms with E-state index >= 15 is 0 Å². The zero-order valence-electron chi connectivity index (χ0n) is 13.4. The summed E-state index contributed by atoms with van der Waals surface area (Å²) in [4.78, 5) is 24.0. The molecule has 0 aliphatic rings. The number of rotatable bonds is 6. The van der Waals surface area contributed by atoms with Crippen LogP contribution in [0.2, 0.25) is 0 Å². The molecule has 0 fully saturated rings. The first kappa shape index (κ1) is 16.7. The van der Waals surface area contributed by atoms with Gasteiger partial charge in [0, 0.05) is 6.54 Å². The van der Waals surface area contributed by atoms with Crippen LogP contribution in [-0.4, -0.2) is 18.0 Å². The molecule has 0 saturated heterocycles. The van der Waals surface area contributed by atoms with Crippen molar-refractivity contribution >= 4 is 11.9 Å². The van der Waals surface area contributed by atoms with Gasteiger partial charge in [0.15, 0.2) is 6.10 Å². The van der Waals surface area contributed by atoms with E-state index in [0.29, 0.717) is 12.1 Å². The van der Waals surface area contributed by atoms with E-state index in [-0.39, 0.29) is 5.91 Å². The fourth-order valence-electron chi connectivity index (χ4n) is 2.09. The summed E-state index contributed by atoms with van der Waals surface area (Å²) in [6, 6.07) is 16.8. The van der Waals surface area contributed by atoms with Crippen molar-refractivity contribution in [1.29, 1.82) is 0 Å². The van der Waals surface area contributed by atoms with Crippen LogP contribution in [0.1, 0.15) is 35.3 Å². The Bertz CT molecular complexity index is 650. The van der Waals surface area contributed by atoms with Gasteiger partial charge < -0.3 is 10.1 Å². The topological polar surface area (TPSA) is 55.4 Å². The molecule has 2 aromatic carbocycles. The summed E-state index contributed by atoms with van der Waals surface area (Å²) < 4.78 is 5.21. The molecule has 4 heteroatoms. The highest BCUT2D eigenvalue weighted by molar-refractivity contribution is 5.92. The van der Waals surface area contributed by atoms with Crippen molar-refractivity contribution in [3.05, 3.63) is 71.3 Å². The molecule has 0 aromatic heterocycles. The minimum absolute atomic E-state index is 0.313. The molecule has 0 saturated carbocycles. The Morgan fingerprint density at radius 1 is 1.00 bits per heavy atom. The molecule has 0 aliphatic heterocycles. The van der Waals surface area contributed by atoms with Crippen LogP contribution in [0, 0.1) is 0 Å². The van der Waals surface area contributed by atoms with Gasteiger partial charge in [0.05, 0.1) is 5.56 Å². The first-order chi connectivity index (χ1) is 11.1. The first-order valence-electron chi connectivity index (χ1n) is 7.71. The van der Waals surface area contributed by atoms with E-state index in [9.17, 15) is 9.59 Å². The number of carbonyl (C=O) groups excluding carboxylic acids is 2. The second-order valence-corrected chi connectivity index (χ2v) is 5.30. The minimum atomic E-state index is -0.836. The van der Waals surface area contributed by atoms with Crippen molar-refractivity contribution in [2.45, 2.75) is 32.9 Å². The molecule has 0 unspecified atom stereocenters. The molecule has 1 N–H and O–H groups in total. The summed E-state index contributed by atoms with van der Waals surface area (Å²) in [6.45, 7) is 4.03. The fourth-order valence-corrected chi connectivity index (χ4v) is 2.09. The largest absolute Gasteiger partial charge is 0.449 e. The third-order valence-electron chi connectivity index (χ3n) is 3.56. The molecule has 0 heterocycles. The Labute approximate surface area is 136 Å². The van der Waals surface area contributed by atoms with E-state index in [0.717, 1.165) is 17.5 Å². The quantitative estimate of drug-likeness (QED) is 0.834. The highest BCUT2D eigenvalue weighted by atomic mass is 16.5. The summed E-state index contributed by atoms with van der Waals surface area (Å²) in [5.41, 5.74) is 2.59. The number of amides is 1. The second kappa shape index (κ2) is 8.13. The lowest BCUT2D eigenvalue weighted by Crippen LogP contribution is -2.35. The van der Waals surface area contributed by atoms with Crippen LogP contribution in [0.4, 0.5) is 0 Å². The molecule has 2 rings (SSSR count). The van der Waals surface area contributed by atoms with Crippen LogP contribution in [-0.2, 0) is 22.5 Å². The van der Waals surface area contributed by atoms with Crippen molar-refractivity contribution in [2.24, 2.45) is 0 Å². The van der Waals surface area contributed by atoms with Gasteiger partial charge in [0.25, 0.3) is 5.91 Å². The van der Waals surface area contributed by atoms with E-state index in [1.165, 1.54) is 0 Å². The number of carbonyl (C=O) groups is 2. The summed E-state index contributed by atoms with van der Waals surface area (Å²) in [6.07, 6.45) is 0.0743. The van der Waals surface area contributed by atoms with E-state index in [1.807, 2.05) is 49.4 Å². The van der Waals surface area contributed by atoms with Crippen LogP contribution in [0.3, 0.4) is 0 Å². The molecule has 0 radical (unpaired) electrons. The smallest absolute Gasteiger partial charge is 0.338 e. The highest BCUT2D eigenvalue weighted by Crippen LogP contribution is 2.08. The average Bonchev–Trinajstić information content (AvgIpc) is 2.60. The lowest BCUT2D eigenvalue weighted by Gasteiger charge is -2.13. The molecule has 0 bridgehead atoms. The third-order valence-corrected chi connectivity index (χ3v) is 3.56. The number of hydrogen-bond donors (Lipinski definition) is 1. The molecular weight excluding hydrogens is 290 g/mol. The maximum atomic E-state index is 12.0. The first-order valence-corrected chi connectivity index (χ1v) is 7.71. The van der Waals surface area contributed by atoms with Gasteiger partial charge in [-0.2, -0.15) is 0 Å². The number of nitrogens with one attached hydrogen (secondary N) is 1. The number of hydrogen-bond acceptors (Lipinski definition) is 3. The SMILES string of the molecule is CCc1ccc(C(=O)O[C@H](C)C(=O)NCc2ccccc2)cc1. The van der Waals surface area contributed by atoms with Gasteiger partial charge in [-0.15, -0.1) is 0 Å². The molecular formula is C19H21NO3. The van der Waals surface area contributed by atoms with Crippen molar-refractivity contribution in [3.8, 4) is 0 Å². The van der Waals surface area contributed by atoms with E-state index in [1.54, 1.807) is 19.1 Å². The third kappa shape index (κ3) is 4.95. The van der Waals surface area contributed by atoms with Gasteiger partial charge in [-0.1, -0.05) is 49.4 Å². The lowest BCUT2D eigenvalue weighted by molar-refractivity contribution is -0.129. The fraction of sp³-hybridized carbons (Fsp3) is 0.263. The molecule has 23 heavy (non-hydrogen) atoms. The van der Waals surface area contributed by atoms with Crippen molar-refractivity contribution in [2.75, 3.05) is 0 Å². The van der Waals surface area contributed by atoms with Crippen LogP contribution >= 0.6 is 0 Å². The molecule has 2 aromatic rings. The summed E-state index contributed by atoms with van der Waals surface area (Å²) in [7, 11) is 0. The van der Waals surface area contributed by atoms with Gasteiger partial charge in [-0.25, -0.2) is 4.79 Å². The van der Waals surface area contributed by atoms with Crippen LogP contribution < -0.4 is 5.32 Å². The maximum Gasteiger partial charge on any atom is 0.338 e. The van der Waals surface area contributed by atoms with Crippen LogP contribution in [0.15, 0.2) is 54.6 Å². The molecule has 1 amide bonds. The van der Waals surface area contributed by atoms with Gasteiger partial charge in [-0.05, 0) is 36.6 Å². The van der Waals surface area contributed by atoms with Gasteiger partial charge in [0.1, 0.15) is 0 Å². The normalized spacial score (nSPS) is 11.6. The zero-order chi connectivity index (χ0) is 16.7. The standard InChI is InChI=1S/C19H21NO3/c1-3-15-9-11-17(12-10-15)19(22)23-14(2)18(21)20-13-16-7-5-4-6-8-16/h4-12,14H,3,13H2,1-2H3,(H,20,21)/t14-/m1/s1. The highest BCUT2D eigenvalue weighted by Gasteiger charge is 2.18. The van der Waals surface area contributed by atoms with Gasteiger partial charge in [0.2, 0.25) is 0 Å². The maximum absolute atomic E-state index is 12.0. The minimum Gasteiger partial charge on any atom is -0.449 e. The summed E-state index contributed by atoms with van der Waals surface area (Å²) in [5.74, 6) is -0.803. The lowest BCUT2D eigenvalue weighted by atomic mass is 10.1. The van der Waals surface area contributed by atoms with E-state index < -0.39 is 12.1 Å². The average molecular weight is 311 g/mol. The van der Waals surface area contributed by atoms with E-state index in [4.69, 9.17) is 4.74 Å². The van der Waals surface area contributed by atoms with Crippen LogP contribution in [0.25, 0.3) is 0 Å². The Hall–Kier alpha value is -2.62. The van der Waals surface area contributed by atoms with Crippen molar-refractivity contribution in [1.82, 2.24) is 5.32 Å². The molecule has 0 spiro atoms. The molecule has 0 aliphatic carbocycles. The van der Waals surface area contributed by atoms with E-state index in [2.05, 4.69) is 5.32 Å². The zero-order valence-corrected chi connectivity index (χ0v) is 13.4. The van der Waals surface area contributed by atoms with Crippen LogP contribution in [0.5, 0.6) is 0 Å². The molecule has 120 valence electrons. The Balaban J connectivity index is 1.85. The Kier molecular flexibility index (Phi) is 5.92. The summed E-state index contributed by atoms with van der Waals surface area (Å²) in [5, 5.41) is 2.76. The summed E-state index contributed by atoms with van der Waals surface area (Å²) >= 11 is 0. The molecule has 1 atom stereocenters. The van der Waals surface area contributed by atoms with Gasteiger partial charge >= 0.3 is 5.97 Å². The molecule has 4 nitrogen and oxygen atoms in total. The Morgan fingerprint density at radius 3 is 2.26 bits per heavy atom.